The number of benzene rings is 4. The maximum Gasteiger partial charge on any atom is 0.0725 e. The highest BCUT2D eigenvalue weighted by atomic mass is 15.0. The van der Waals surface area contributed by atoms with Crippen LogP contribution in [0.15, 0.2) is 91.0 Å². The van der Waals surface area contributed by atoms with Crippen molar-refractivity contribution in [3.05, 3.63) is 119 Å². The first-order valence-electron chi connectivity index (χ1n) is 14.3. The molecule has 4 aromatic rings. The summed E-state index contributed by atoms with van der Waals surface area (Å²) in [5, 5.41) is 0. The van der Waals surface area contributed by atoms with Crippen LogP contribution in [0.3, 0.4) is 0 Å². The second-order valence-electron chi connectivity index (χ2n) is 8.50. The van der Waals surface area contributed by atoms with E-state index >= 15 is 0 Å². The van der Waals surface area contributed by atoms with Crippen molar-refractivity contribution in [3.63, 3.8) is 0 Å². The molecule has 0 bridgehead atoms. The van der Waals surface area contributed by atoms with E-state index in [1.807, 2.05) is 55.4 Å². The lowest BCUT2D eigenvalue weighted by atomic mass is 9.70. The van der Waals surface area contributed by atoms with E-state index in [2.05, 4.69) is 110 Å². The molecule has 0 atom stereocenters. The van der Waals surface area contributed by atoms with E-state index in [9.17, 15) is 0 Å². The van der Waals surface area contributed by atoms with Crippen LogP contribution in [0.5, 0.6) is 0 Å². The van der Waals surface area contributed by atoms with Crippen molar-refractivity contribution in [2.24, 2.45) is 0 Å². The van der Waals surface area contributed by atoms with Crippen LogP contribution >= 0.6 is 0 Å². The van der Waals surface area contributed by atoms with Crippen LogP contribution in [0.25, 0.3) is 22.3 Å². The van der Waals surface area contributed by atoms with Gasteiger partial charge in [0.1, 0.15) is 0 Å². The highest BCUT2D eigenvalue weighted by Gasteiger charge is 2.51. The summed E-state index contributed by atoms with van der Waals surface area (Å²) in [7, 11) is 4.27. The molecule has 0 unspecified atom stereocenters. The lowest BCUT2D eigenvalue weighted by Crippen LogP contribution is -2.26. The number of rotatable bonds is 2. The van der Waals surface area contributed by atoms with Crippen molar-refractivity contribution in [1.29, 1.82) is 0 Å². The van der Waals surface area contributed by atoms with E-state index < -0.39 is 0 Å². The smallest absolute Gasteiger partial charge is 0.0725 e. The van der Waals surface area contributed by atoms with Crippen LogP contribution in [-0.4, -0.2) is 19.0 Å². The molecule has 37 heavy (non-hydrogen) atoms. The maximum atomic E-state index is 2.45. The average molecular weight is 494 g/mol. The Labute approximate surface area is 227 Å². The van der Waals surface area contributed by atoms with Gasteiger partial charge in [0, 0.05) is 6.54 Å². The molecule has 196 valence electrons. The van der Waals surface area contributed by atoms with Gasteiger partial charge in [-0.05, 0) is 64.2 Å². The van der Waals surface area contributed by atoms with Crippen LogP contribution < -0.4 is 0 Å². The predicted octanol–water partition coefficient (Wildman–Crippen LogP) is 10.2. The molecule has 2 aliphatic carbocycles. The Bertz CT molecular complexity index is 1200. The van der Waals surface area contributed by atoms with E-state index in [4.69, 9.17) is 0 Å². The van der Waals surface area contributed by atoms with Gasteiger partial charge in [-0.25, -0.2) is 0 Å². The maximum absolute atomic E-state index is 2.45. The van der Waals surface area contributed by atoms with Gasteiger partial charge in [0.25, 0.3) is 0 Å². The van der Waals surface area contributed by atoms with Crippen LogP contribution in [-0.2, 0) is 12.0 Å². The molecule has 0 radical (unpaired) electrons. The van der Waals surface area contributed by atoms with Crippen molar-refractivity contribution >= 4 is 0 Å². The Morgan fingerprint density at radius 1 is 0.459 bits per heavy atom. The van der Waals surface area contributed by atoms with Crippen molar-refractivity contribution in [2.45, 2.75) is 67.3 Å². The lowest BCUT2D eigenvalue weighted by molar-refractivity contribution is 0.402. The van der Waals surface area contributed by atoms with Gasteiger partial charge in [-0.15, -0.1) is 0 Å². The molecule has 4 aromatic carbocycles. The number of fused-ring (bicyclic) bond motifs is 10. The fraction of sp³-hybridized carbons (Fsp3) is 0.333. The minimum Gasteiger partial charge on any atom is -0.305 e. The molecule has 0 saturated carbocycles. The molecule has 0 heterocycles. The molecule has 0 fully saturated rings. The quantitative estimate of drug-likeness (QED) is 0.232. The van der Waals surface area contributed by atoms with Gasteiger partial charge in [0.2, 0.25) is 0 Å². The van der Waals surface area contributed by atoms with E-state index in [0.29, 0.717) is 0 Å². The molecule has 6 rings (SSSR count). The third-order valence-corrected chi connectivity index (χ3v) is 6.56. The van der Waals surface area contributed by atoms with E-state index in [1.54, 1.807) is 0 Å². The molecule has 1 nitrogen and oxygen atoms in total. The Morgan fingerprint density at radius 2 is 0.811 bits per heavy atom. The first-order chi connectivity index (χ1) is 18.2. The molecule has 0 amide bonds. The second kappa shape index (κ2) is 14.0. The van der Waals surface area contributed by atoms with E-state index in [0.717, 1.165) is 6.54 Å². The first kappa shape index (κ1) is 30.1. The third kappa shape index (κ3) is 5.03. The number of hydrogen-bond acceptors (Lipinski definition) is 1. The van der Waals surface area contributed by atoms with Gasteiger partial charge in [0.15, 0.2) is 0 Å². The van der Waals surface area contributed by atoms with Gasteiger partial charge < -0.3 is 4.90 Å². The highest BCUT2D eigenvalue weighted by molar-refractivity contribution is 5.94. The molecule has 0 N–H and O–H groups in total. The van der Waals surface area contributed by atoms with Crippen LogP contribution in [0, 0.1) is 0 Å². The van der Waals surface area contributed by atoms with Gasteiger partial charge >= 0.3 is 0 Å². The fourth-order valence-corrected chi connectivity index (χ4v) is 5.61. The zero-order valence-electron chi connectivity index (χ0n) is 24.8. The molecule has 0 saturated heterocycles. The molecule has 1 spiro atoms. The van der Waals surface area contributed by atoms with Crippen molar-refractivity contribution in [2.75, 3.05) is 14.1 Å². The van der Waals surface area contributed by atoms with Crippen molar-refractivity contribution in [1.82, 2.24) is 4.90 Å². The van der Waals surface area contributed by atoms with E-state index in [1.165, 1.54) is 50.1 Å². The summed E-state index contributed by atoms with van der Waals surface area (Å²) in [5.41, 5.74) is 12.3. The highest BCUT2D eigenvalue weighted by Crippen LogP contribution is 2.62. The topological polar surface area (TPSA) is 3.24 Å². The summed E-state index contributed by atoms with van der Waals surface area (Å²) in [4.78, 5) is 2.24. The summed E-state index contributed by atoms with van der Waals surface area (Å²) in [6.07, 6.45) is 0. The van der Waals surface area contributed by atoms with Gasteiger partial charge in [-0.2, -0.15) is 0 Å². The lowest BCUT2D eigenvalue weighted by Gasteiger charge is -2.30. The van der Waals surface area contributed by atoms with Gasteiger partial charge in [0.05, 0.1) is 5.41 Å². The molecular formula is C36H47N. The summed E-state index contributed by atoms with van der Waals surface area (Å²) in [6.45, 7) is 16.9. The van der Waals surface area contributed by atoms with Crippen molar-refractivity contribution in [3.8, 4) is 22.3 Å². The molecular weight excluding hydrogens is 446 g/mol. The first-order valence-corrected chi connectivity index (χ1v) is 14.3. The summed E-state index contributed by atoms with van der Waals surface area (Å²) in [5.74, 6) is 0. The predicted molar refractivity (Wildman–Crippen MR) is 166 cm³/mol. The van der Waals surface area contributed by atoms with Gasteiger partial charge in [-0.1, -0.05) is 146 Å². The Balaban J connectivity index is 0.000000553. The third-order valence-electron chi connectivity index (χ3n) is 6.56. The second-order valence-corrected chi connectivity index (χ2v) is 8.50. The van der Waals surface area contributed by atoms with E-state index in [-0.39, 0.29) is 5.41 Å². The number of nitrogens with zero attached hydrogens (tertiary/aromatic N) is 1. The zero-order valence-corrected chi connectivity index (χ0v) is 24.8. The average Bonchev–Trinajstić information content (AvgIpc) is 3.44. The molecule has 2 aliphatic rings. The largest absolute Gasteiger partial charge is 0.305 e. The van der Waals surface area contributed by atoms with Crippen molar-refractivity contribution < 1.29 is 0 Å². The monoisotopic (exact) mass is 493 g/mol. The number of hydrogen-bond donors (Lipinski definition) is 0. The zero-order chi connectivity index (χ0) is 27.6. The fourth-order valence-electron chi connectivity index (χ4n) is 5.61. The van der Waals surface area contributed by atoms with Crippen LogP contribution in [0.2, 0.25) is 0 Å². The van der Waals surface area contributed by atoms with Crippen LogP contribution in [0.1, 0.15) is 83.2 Å². The molecule has 0 aliphatic heterocycles. The summed E-state index contributed by atoms with van der Waals surface area (Å²) >= 11 is 0. The Hall–Kier alpha value is -3.16. The Kier molecular flexibility index (Phi) is 11.3. The minimum atomic E-state index is -0.221. The van der Waals surface area contributed by atoms with Crippen LogP contribution in [0.4, 0.5) is 0 Å². The SMILES string of the molecule is CC.CC.CC.CC.CN(C)Cc1ccc2c(c1)C1(c3ccccc3-c3ccccc31)c1ccccc1-2. The molecule has 0 aromatic heterocycles. The van der Waals surface area contributed by atoms with Gasteiger partial charge in [-0.3, -0.25) is 0 Å². The molecule has 1 heteroatoms. The minimum absolute atomic E-state index is 0.221. The standard InChI is InChI=1S/C28H23N.4C2H6/c1-29(2)18-19-15-16-23-22-11-5-8-14-26(22)28(27(23)17-19)24-12-6-3-9-20(24)21-10-4-7-13-25(21)28;4*1-2/h3-17H,18H2,1-2H3;4*1-2H3. The summed E-state index contributed by atoms with van der Waals surface area (Å²) in [6, 6.07) is 34.0. The summed E-state index contributed by atoms with van der Waals surface area (Å²) < 4.78 is 0. The normalized spacial score (nSPS) is 12.1. The Morgan fingerprint density at radius 3 is 1.19 bits per heavy atom.